The fourth-order valence-electron chi connectivity index (χ4n) is 2.28. The molecule has 6 nitrogen and oxygen atoms in total. The van der Waals surface area contributed by atoms with E-state index >= 15 is 0 Å². The van der Waals surface area contributed by atoms with E-state index in [1.165, 1.54) is 0 Å². The lowest BCUT2D eigenvalue weighted by atomic mass is 9.83. The fourth-order valence-corrected chi connectivity index (χ4v) is 2.28. The molecule has 0 radical (unpaired) electrons. The Balaban J connectivity index is 2.43. The number of carboxylic acids is 1. The molecular weight excluding hydrogens is 268 g/mol. The zero-order valence-electron chi connectivity index (χ0n) is 12.7. The standard InChI is InChI=1S/C15H20N4O2/c1-10(13(20)21)11(2)19-14(16-17-18-19)15(3,4)12-8-6-5-7-9-12/h5-11H,1-4H3,(H,20,21). The molecular formula is C15H20N4O2. The number of aliphatic carboxylic acids is 1. The summed E-state index contributed by atoms with van der Waals surface area (Å²) in [5.74, 6) is -0.769. The quantitative estimate of drug-likeness (QED) is 0.912. The number of carbonyl (C=O) groups is 1. The normalized spacial score (nSPS) is 14.7. The number of rotatable bonds is 5. The van der Waals surface area contributed by atoms with Crippen LogP contribution in [0.3, 0.4) is 0 Å². The highest BCUT2D eigenvalue weighted by atomic mass is 16.4. The highest BCUT2D eigenvalue weighted by Gasteiger charge is 2.33. The van der Waals surface area contributed by atoms with E-state index < -0.39 is 17.3 Å². The van der Waals surface area contributed by atoms with E-state index in [1.807, 2.05) is 51.1 Å². The van der Waals surface area contributed by atoms with Crippen LogP contribution in [0.5, 0.6) is 0 Å². The van der Waals surface area contributed by atoms with Crippen LogP contribution in [0, 0.1) is 5.92 Å². The number of aromatic nitrogens is 4. The molecule has 0 aliphatic heterocycles. The topological polar surface area (TPSA) is 80.9 Å². The van der Waals surface area contributed by atoms with Crippen LogP contribution >= 0.6 is 0 Å². The Morgan fingerprint density at radius 1 is 1.24 bits per heavy atom. The molecule has 112 valence electrons. The Bertz CT molecular complexity index is 622. The van der Waals surface area contributed by atoms with E-state index in [9.17, 15) is 9.90 Å². The SMILES string of the molecule is CC(C(=O)O)C(C)n1nnnc1C(C)(C)c1ccccc1. The first kappa shape index (κ1) is 15.2. The third-order valence-electron chi connectivity index (χ3n) is 4.05. The van der Waals surface area contributed by atoms with Crippen LogP contribution in [-0.4, -0.2) is 31.3 Å². The summed E-state index contributed by atoms with van der Waals surface area (Å²) in [5.41, 5.74) is 0.674. The highest BCUT2D eigenvalue weighted by Crippen LogP contribution is 2.31. The summed E-state index contributed by atoms with van der Waals surface area (Å²) < 4.78 is 1.62. The van der Waals surface area contributed by atoms with Crippen molar-refractivity contribution in [3.05, 3.63) is 41.7 Å². The Hall–Kier alpha value is -2.24. The molecule has 1 N–H and O–H groups in total. The van der Waals surface area contributed by atoms with Gasteiger partial charge in [0.05, 0.1) is 17.4 Å². The third kappa shape index (κ3) is 2.79. The minimum atomic E-state index is -0.860. The van der Waals surface area contributed by atoms with Crippen molar-refractivity contribution in [2.24, 2.45) is 5.92 Å². The summed E-state index contributed by atoms with van der Waals surface area (Å²) in [6.45, 7) is 7.54. The smallest absolute Gasteiger partial charge is 0.308 e. The summed E-state index contributed by atoms with van der Waals surface area (Å²) in [5, 5.41) is 21.1. The third-order valence-corrected chi connectivity index (χ3v) is 4.05. The van der Waals surface area contributed by atoms with Crippen LogP contribution in [0.1, 0.15) is 45.1 Å². The molecule has 0 bridgehead atoms. The second-order valence-electron chi connectivity index (χ2n) is 5.81. The zero-order chi connectivity index (χ0) is 15.6. The second kappa shape index (κ2) is 5.63. The van der Waals surface area contributed by atoms with Gasteiger partial charge in [-0.05, 0) is 43.7 Å². The molecule has 0 spiro atoms. The van der Waals surface area contributed by atoms with E-state index in [-0.39, 0.29) is 6.04 Å². The van der Waals surface area contributed by atoms with Crippen molar-refractivity contribution in [3.63, 3.8) is 0 Å². The molecule has 2 atom stereocenters. The fraction of sp³-hybridized carbons (Fsp3) is 0.467. The van der Waals surface area contributed by atoms with Crippen molar-refractivity contribution in [2.75, 3.05) is 0 Å². The van der Waals surface area contributed by atoms with Gasteiger partial charge < -0.3 is 5.11 Å². The molecule has 6 heteroatoms. The van der Waals surface area contributed by atoms with Gasteiger partial charge in [0.1, 0.15) is 0 Å². The van der Waals surface area contributed by atoms with Crippen molar-refractivity contribution in [1.82, 2.24) is 20.2 Å². The number of carboxylic acid groups (broad SMARTS) is 1. The lowest BCUT2D eigenvalue weighted by molar-refractivity contribution is -0.142. The maximum absolute atomic E-state index is 11.2. The molecule has 0 saturated carbocycles. The number of nitrogens with zero attached hydrogens (tertiary/aromatic N) is 4. The van der Waals surface area contributed by atoms with Gasteiger partial charge in [0.25, 0.3) is 0 Å². The molecule has 2 unspecified atom stereocenters. The maximum Gasteiger partial charge on any atom is 0.308 e. The molecule has 1 aromatic heterocycles. The number of tetrazole rings is 1. The summed E-state index contributed by atoms with van der Waals surface area (Å²) in [7, 11) is 0. The molecule has 2 aromatic rings. The minimum absolute atomic E-state index is 0.324. The van der Waals surface area contributed by atoms with E-state index in [4.69, 9.17) is 0 Å². The van der Waals surface area contributed by atoms with Crippen LogP contribution in [-0.2, 0) is 10.2 Å². The molecule has 0 saturated heterocycles. The first-order valence-corrected chi connectivity index (χ1v) is 6.92. The van der Waals surface area contributed by atoms with Gasteiger partial charge in [-0.1, -0.05) is 30.3 Å². The highest BCUT2D eigenvalue weighted by molar-refractivity contribution is 5.70. The zero-order valence-corrected chi connectivity index (χ0v) is 12.7. The van der Waals surface area contributed by atoms with E-state index in [2.05, 4.69) is 15.5 Å². The van der Waals surface area contributed by atoms with Gasteiger partial charge in [-0.25, -0.2) is 4.68 Å². The number of hydrogen-bond acceptors (Lipinski definition) is 4. The van der Waals surface area contributed by atoms with Gasteiger partial charge in [0.15, 0.2) is 5.82 Å². The first-order chi connectivity index (χ1) is 9.85. The first-order valence-electron chi connectivity index (χ1n) is 6.92. The Labute approximate surface area is 123 Å². The van der Waals surface area contributed by atoms with E-state index in [1.54, 1.807) is 11.6 Å². The van der Waals surface area contributed by atoms with Gasteiger partial charge >= 0.3 is 5.97 Å². The predicted molar refractivity (Wildman–Crippen MR) is 77.9 cm³/mol. The summed E-state index contributed by atoms with van der Waals surface area (Å²) in [4.78, 5) is 11.2. The number of hydrogen-bond donors (Lipinski definition) is 1. The van der Waals surface area contributed by atoms with Crippen LogP contribution in [0.4, 0.5) is 0 Å². The summed E-state index contributed by atoms with van der Waals surface area (Å²) >= 11 is 0. The minimum Gasteiger partial charge on any atom is -0.481 e. The Morgan fingerprint density at radius 2 is 1.86 bits per heavy atom. The van der Waals surface area contributed by atoms with Gasteiger partial charge in [0, 0.05) is 0 Å². The summed E-state index contributed by atoms with van der Waals surface area (Å²) in [6, 6.07) is 9.60. The molecule has 1 aromatic carbocycles. The molecule has 2 rings (SSSR count). The monoisotopic (exact) mass is 288 g/mol. The van der Waals surface area contributed by atoms with Crippen LogP contribution < -0.4 is 0 Å². The molecule has 0 amide bonds. The molecule has 0 fully saturated rings. The van der Waals surface area contributed by atoms with Crippen molar-refractivity contribution >= 4 is 5.97 Å². The Kier molecular flexibility index (Phi) is 4.06. The van der Waals surface area contributed by atoms with Gasteiger partial charge in [-0.3, -0.25) is 4.79 Å². The lowest BCUT2D eigenvalue weighted by Gasteiger charge is -2.27. The lowest BCUT2D eigenvalue weighted by Crippen LogP contribution is -2.30. The number of benzene rings is 1. The summed E-state index contributed by atoms with van der Waals surface area (Å²) in [6.07, 6.45) is 0. The largest absolute Gasteiger partial charge is 0.481 e. The second-order valence-corrected chi connectivity index (χ2v) is 5.81. The molecule has 0 aliphatic rings. The predicted octanol–water partition coefficient (Wildman–Crippen LogP) is 2.28. The van der Waals surface area contributed by atoms with Crippen LogP contribution in [0.2, 0.25) is 0 Å². The van der Waals surface area contributed by atoms with E-state index in [0.29, 0.717) is 5.82 Å². The van der Waals surface area contributed by atoms with Crippen molar-refractivity contribution in [1.29, 1.82) is 0 Å². The molecule has 1 heterocycles. The van der Waals surface area contributed by atoms with Crippen molar-refractivity contribution in [3.8, 4) is 0 Å². The average Bonchev–Trinajstić information content (AvgIpc) is 2.96. The van der Waals surface area contributed by atoms with Gasteiger partial charge in [-0.15, -0.1) is 5.10 Å². The van der Waals surface area contributed by atoms with Crippen LogP contribution in [0.15, 0.2) is 30.3 Å². The molecule has 21 heavy (non-hydrogen) atoms. The van der Waals surface area contributed by atoms with Crippen molar-refractivity contribution < 1.29 is 9.90 Å². The van der Waals surface area contributed by atoms with E-state index in [0.717, 1.165) is 5.56 Å². The Morgan fingerprint density at radius 3 is 2.43 bits per heavy atom. The maximum atomic E-state index is 11.2. The van der Waals surface area contributed by atoms with Crippen molar-refractivity contribution in [2.45, 2.75) is 39.2 Å². The average molecular weight is 288 g/mol. The molecule has 0 aliphatic carbocycles. The van der Waals surface area contributed by atoms with Crippen LogP contribution in [0.25, 0.3) is 0 Å². The van der Waals surface area contributed by atoms with Gasteiger partial charge in [-0.2, -0.15) is 0 Å². The van der Waals surface area contributed by atoms with Gasteiger partial charge in [0.2, 0.25) is 0 Å².